The third-order valence-corrected chi connectivity index (χ3v) is 4.24. The quantitative estimate of drug-likeness (QED) is 0.444. The molecule has 0 bridgehead atoms. The fourth-order valence-corrected chi connectivity index (χ4v) is 2.32. The largest absolute Gasteiger partial charge is 0.534 e. The second-order valence-corrected chi connectivity index (χ2v) is 7.42. The normalized spacial score (nSPS) is 21.0. The van der Waals surface area contributed by atoms with Crippen LogP contribution in [0.3, 0.4) is 0 Å². The maximum Gasteiger partial charge on any atom is 0.534 e. The Hall–Kier alpha value is -1.66. The van der Waals surface area contributed by atoms with Gasteiger partial charge in [-0.05, 0) is 19.9 Å². The molecule has 1 aliphatic rings. The van der Waals surface area contributed by atoms with Gasteiger partial charge in [0.2, 0.25) is 5.88 Å². The Morgan fingerprint density at radius 2 is 2.00 bits per heavy atom. The van der Waals surface area contributed by atoms with E-state index in [0.29, 0.717) is 6.07 Å². The molecule has 2 rings (SSSR count). The number of hydrogen-bond donors (Lipinski definition) is 0. The van der Waals surface area contributed by atoms with Gasteiger partial charge < -0.3 is 18.6 Å². The number of nitrogens with zero attached hydrogens (tertiary/aromatic N) is 2. The Balaban J connectivity index is 2.22. The number of halogens is 4. The summed E-state index contributed by atoms with van der Waals surface area (Å²) in [6.45, 7) is 3.83. The van der Waals surface area contributed by atoms with Gasteiger partial charge >= 0.3 is 15.6 Å². The van der Waals surface area contributed by atoms with E-state index in [2.05, 4.69) is 9.17 Å². The molecule has 2 heterocycles. The van der Waals surface area contributed by atoms with Crippen molar-refractivity contribution in [2.45, 2.75) is 31.2 Å². The zero-order chi connectivity index (χ0) is 19.0. The minimum Gasteiger partial charge on any atom is -0.368 e. The fraction of sp³-hybridized carbons (Fsp3) is 0.615. The highest BCUT2D eigenvalue weighted by Gasteiger charge is 2.49. The number of likely N-dealkylation sites (N-methyl/N-ethyl adjacent to an activating group) is 1. The monoisotopic (exact) mass is 388 g/mol. The second kappa shape index (κ2) is 6.57. The highest BCUT2D eigenvalue weighted by atomic mass is 32.2. The molecule has 1 saturated heterocycles. The van der Waals surface area contributed by atoms with Gasteiger partial charge in [0.25, 0.3) is 0 Å². The minimum atomic E-state index is -5.91. The summed E-state index contributed by atoms with van der Waals surface area (Å²) in [6.07, 6.45) is -0.760. The number of pyridine rings is 1. The number of anilines is 1. The first-order valence-corrected chi connectivity index (χ1v) is 8.39. The van der Waals surface area contributed by atoms with E-state index in [9.17, 15) is 26.0 Å². The molecular weight excluding hydrogens is 372 g/mol. The van der Waals surface area contributed by atoms with Gasteiger partial charge in [-0.25, -0.2) is 4.39 Å². The molecule has 0 N–H and O–H groups in total. The van der Waals surface area contributed by atoms with E-state index in [1.165, 1.54) is 11.9 Å². The molecule has 1 fully saturated rings. The van der Waals surface area contributed by atoms with Gasteiger partial charge in [0.15, 0.2) is 17.9 Å². The van der Waals surface area contributed by atoms with Crippen molar-refractivity contribution in [2.24, 2.45) is 0 Å². The fourth-order valence-electron chi connectivity index (χ4n) is 1.91. The van der Waals surface area contributed by atoms with E-state index in [-0.39, 0.29) is 13.2 Å². The van der Waals surface area contributed by atoms with Crippen molar-refractivity contribution >= 4 is 15.9 Å². The number of aromatic nitrogens is 1. The summed E-state index contributed by atoms with van der Waals surface area (Å²) in [6, 6.07) is 1.42. The highest BCUT2D eigenvalue weighted by molar-refractivity contribution is 7.87. The molecule has 1 aromatic heterocycles. The molecule has 1 aliphatic heterocycles. The molecule has 12 heteroatoms. The summed E-state index contributed by atoms with van der Waals surface area (Å²) in [5, 5.41) is 0. The zero-order valence-corrected chi connectivity index (χ0v) is 14.3. The van der Waals surface area contributed by atoms with Crippen LogP contribution in [0.5, 0.6) is 5.88 Å². The average molecular weight is 388 g/mol. The molecule has 0 radical (unpaired) electrons. The Kier molecular flexibility index (Phi) is 5.17. The summed E-state index contributed by atoms with van der Waals surface area (Å²) in [4.78, 5) is 4.67. The van der Waals surface area contributed by atoms with Crippen molar-refractivity contribution < 1.29 is 39.6 Å². The molecule has 0 saturated carbocycles. The number of ether oxygens (including phenoxy) is 2. The molecule has 142 valence electrons. The number of rotatable bonds is 4. The van der Waals surface area contributed by atoms with Gasteiger partial charge in [-0.1, -0.05) is 0 Å². The molecular formula is C13H16F4N2O5S. The molecule has 1 aromatic rings. The van der Waals surface area contributed by atoms with Crippen LogP contribution < -0.4 is 9.08 Å². The van der Waals surface area contributed by atoms with Crippen molar-refractivity contribution in [3.8, 4) is 5.88 Å². The first-order valence-electron chi connectivity index (χ1n) is 6.98. The summed E-state index contributed by atoms with van der Waals surface area (Å²) < 4.78 is 88.0. The van der Waals surface area contributed by atoms with E-state index in [0.717, 1.165) is 6.07 Å². The molecule has 0 amide bonds. The Morgan fingerprint density at radius 3 is 2.52 bits per heavy atom. The van der Waals surface area contributed by atoms with Gasteiger partial charge in [-0.3, -0.25) is 0 Å². The maximum absolute atomic E-state index is 14.0. The van der Waals surface area contributed by atoms with Crippen LogP contribution in [-0.2, 0) is 19.6 Å². The van der Waals surface area contributed by atoms with E-state index >= 15 is 0 Å². The van der Waals surface area contributed by atoms with Gasteiger partial charge in [0.05, 0.1) is 18.8 Å². The lowest BCUT2D eigenvalue weighted by Gasteiger charge is -2.39. The standard InChI is InChI=1S/C13H16F4N2O5S/c1-12(2)7-22-10(6-23-12)19(3)11-8(14)4-5-9(18-11)24-25(20,21)13(15,16)17/h4-5,10H,6-7H2,1-3H3. The Labute approximate surface area is 141 Å². The Morgan fingerprint density at radius 1 is 1.36 bits per heavy atom. The van der Waals surface area contributed by atoms with Gasteiger partial charge in [0, 0.05) is 13.1 Å². The lowest BCUT2D eigenvalue weighted by Crippen LogP contribution is -2.49. The smallest absolute Gasteiger partial charge is 0.368 e. The molecule has 0 aliphatic carbocycles. The maximum atomic E-state index is 14.0. The predicted molar refractivity (Wildman–Crippen MR) is 78.0 cm³/mol. The van der Waals surface area contributed by atoms with E-state index in [1.807, 2.05) is 0 Å². The van der Waals surface area contributed by atoms with E-state index in [4.69, 9.17) is 9.47 Å². The number of hydrogen-bond acceptors (Lipinski definition) is 7. The van der Waals surface area contributed by atoms with Crippen molar-refractivity contribution in [2.75, 3.05) is 25.2 Å². The van der Waals surface area contributed by atoms with Crippen LogP contribution in [-0.4, -0.2) is 51.0 Å². The summed E-state index contributed by atoms with van der Waals surface area (Å²) in [5.41, 5.74) is -6.16. The van der Waals surface area contributed by atoms with Crippen LogP contribution in [0.1, 0.15) is 13.8 Å². The highest BCUT2D eigenvalue weighted by Crippen LogP contribution is 2.29. The van der Waals surface area contributed by atoms with E-state index < -0.39 is 45.0 Å². The van der Waals surface area contributed by atoms with Crippen LogP contribution in [0.2, 0.25) is 0 Å². The summed E-state index contributed by atoms with van der Waals surface area (Å²) in [5.74, 6) is -2.26. The average Bonchev–Trinajstić information content (AvgIpc) is 2.47. The van der Waals surface area contributed by atoms with Crippen LogP contribution >= 0.6 is 0 Å². The van der Waals surface area contributed by atoms with Gasteiger partial charge in [-0.2, -0.15) is 26.6 Å². The van der Waals surface area contributed by atoms with Crippen molar-refractivity contribution in [1.29, 1.82) is 0 Å². The van der Waals surface area contributed by atoms with Crippen LogP contribution in [0.4, 0.5) is 23.4 Å². The van der Waals surface area contributed by atoms with Crippen molar-refractivity contribution in [3.63, 3.8) is 0 Å². The SMILES string of the molecule is CN(c1nc(OS(=O)(=O)C(F)(F)F)ccc1F)C1COC(C)(C)CO1. The van der Waals surface area contributed by atoms with Gasteiger partial charge in [0.1, 0.15) is 0 Å². The molecule has 0 aromatic carbocycles. The van der Waals surface area contributed by atoms with Gasteiger partial charge in [-0.15, -0.1) is 0 Å². The summed E-state index contributed by atoms with van der Waals surface area (Å²) in [7, 11) is -4.53. The topological polar surface area (TPSA) is 78.0 Å². The zero-order valence-electron chi connectivity index (χ0n) is 13.5. The molecule has 1 atom stereocenters. The van der Waals surface area contributed by atoms with Crippen LogP contribution in [0.25, 0.3) is 0 Å². The van der Waals surface area contributed by atoms with Crippen molar-refractivity contribution in [1.82, 2.24) is 4.98 Å². The minimum absolute atomic E-state index is 0.0521. The van der Waals surface area contributed by atoms with Crippen molar-refractivity contribution in [3.05, 3.63) is 17.9 Å². The molecule has 1 unspecified atom stereocenters. The Bertz CT molecular complexity index is 728. The summed E-state index contributed by atoms with van der Waals surface area (Å²) >= 11 is 0. The van der Waals surface area contributed by atoms with E-state index in [1.54, 1.807) is 13.8 Å². The number of alkyl halides is 3. The van der Waals surface area contributed by atoms with Crippen LogP contribution in [0.15, 0.2) is 12.1 Å². The second-order valence-electron chi connectivity index (χ2n) is 5.89. The third-order valence-electron chi connectivity index (χ3n) is 3.29. The predicted octanol–water partition coefficient (Wildman–Crippen LogP) is 2.04. The lowest BCUT2D eigenvalue weighted by atomic mass is 10.1. The lowest BCUT2D eigenvalue weighted by molar-refractivity contribution is -0.173. The third kappa shape index (κ3) is 4.50. The molecule has 0 spiro atoms. The first-order chi connectivity index (χ1) is 11.3. The van der Waals surface area contributed by atoms with Crippen LogP contribution in [0, 0.1) is 5.82 Å². The molecule has 7 nitrogen and oxygen atoms in total. The first kappa shape index (κ1) is 19.7. The molecule has 25 heavy (non-hydrogen) atoms.